The highest BCUT2D eigenvalue weighted by molar-refractivity contribution is 7.00. The van der Waals surface area contributed by atoms with Gasteiger partial charge in [0.2, 0.25) is 0 Å². The van der Waals surface area contributed by atoms with Gasteiger partial charge in [0.1, 0.15) is 0 Å². The molecular formula is C56H62BN3. The molecule has 4 aliphatic rings. The second-order valence-corrected chi connectivity index (χ2v) is 21.9. The molecule has 0 saturated heterocycles. The van der Waals surface area contributed by atoms with Crippen LogP contribution >= 0.6 is 0 Å². The summed E-state index contributed by atoms with van der Waals surface area (Å²) in [4.78, 5) is 8.00. The Kier molecular flexibility index (Phi) is 8.53. The van der Waals surface area contributed by atoms with E-state index in [2.05, 4.69) is 218 Å². The molecule has 4 heteroatoms. The molecule has 0 amide bonds. The van der Waals surface area contributed by atoms with Crippen LogP contribution in [0.3, 0.4) is 0 Å². The molecule has 3 aliphatic heterocycles. The molecule has 3 heterocycles. The lowest BCUT2D eigenvalue weighted by Gasteiger charge is -2.51. The molecule has 0 spiro atoms. The van der Waals surface area contributed by atoms with Crippen molar-refractivity contribution in [2.24, 2.45) is 0 Å². The molecule has 10 rings (SSSR count). The van der Waals surface area contributed by atoms with E-state index in [9.17, 15) is 0 Å². The first-order chi connectivity index (χ1) is 28.4. The van der Waals surface area contributed by atoms with Crippen molar-refractivity contribution in [2.45, 2.75) is 129 Å². The monoisotopic (exact) mass is 788 g/mol. The summed E-state index contributed by atoms with van der Waals surface area (Å²) in [5.74, 6) is 0. The lowest BCUT2D eigenvalue weighted by Crippen LogP contribution is -2.61. The van der Waals surface area contributed by atoms with Crippen molar-refractivity contribution >= 4 is 68.6 Å². The van der Waals surface area contributed by atoms with Gasteiger partial charge in [0.25, 0.3) is 6.71 Å². The minimum Gasteiger partial charge on any atom is -0.334 e. The largest absolute Gasteiger partial charge is 0.334 e. The van der Waals surface area contributed by atoms with E-state index < -0.39 is 0 Å². The molecule has 2 unspecified atom stereocenters. The predicted molar refractivity (Wildman–Crippen MR) is 259 cm³/mol. The summed E-state index contributed by atoms with van der Waals surface area (Å²) in [5.41, 5.74) is 19.8. The van der Waals surface area contributed by atoms with Crippen LogP contribution < -0.4 is 31.1 Å². The molecule has 2 atom stereocenters. The summed E-state index contributed by atoms with van der Waals surface area (Å²) in [6, 6.07) is 49.6. The Balaban J connectivity index is 1.33. The Hall–Kier alpha value is -5.22. The number of nitrogens with zero attached hydrogens (tertiary/aromatic N) is 3. The van der Waals surface area contributed by atoms with Crippen LogP contribution in [-0.2, 0) is 21.7 Å². The topological polar surface area (TPSA) is 9.72 Å². The smallest absolute Gasteiger partial charge is 0.252 e. The SMILES string of the molecule is CC(C)(C)c1cccc(N2c3cc(C(C)(C)C)ccc3B3c4ccccc4N(c4ccccc4)c4cc(N5c6ccc(C(C)(C)C)cc6C6(C)CCCCC56C)cc2c43)c1. The third kappa shape index (κ3) is 5.69. The van der Waals surface area contributed by atoms with Crippen molar-refractivity contribution < 1.29 is 0 Å². The van der Waals surface area contributed by atoms with Gasteiger partial charge in [0.15, 0.2) is 0 Å². The molecule has 0 radical (unpaired) electrons. The zero-order chi connectivity index (χ0) is 42.1. The van der Waals surface area contributed by atoms with Gasteiger partial charge in [-0.15, -0.1) is 0 Å². The van der Waals surface area contributed by atoms with Crippen molar-refractivity contribution in [1.29, 1.82) is 0 Å². The van der Waals surface area contributed by atoms with Gasteiger partial charge in [-0.2, -0.15) is 0 Å². The van der Waals surface area contributed by atoms with Gasteiger partial charge in [0, 0.05) is 50.9 Å². The van der Waals surface area contributed by atoms with E-state index >= 15 is 0 Å². The molecule has 1 aliphatic carbocycles. The molecule has 0 N–H and O–H groups in total. The Morgan fingerprint density at radius 1 is 0.450 bits per heavy atom. The lowest BCUT2D eigenvalue weighted by atomic mass is 9.33. The maximum atomic E-state index is 2.80. The quantitative estimate of drug-likeness (QED) is 0.165. The normalized spacial score (nSPS) is 20.6. The van der Waals surface area contributed by atoms with Crippen molar-refractivity contribution in [3.05, 3.63) is 150 Å². The maximum Gasteiger partial charge on any atom is 0.252 e. The van der Waals surface area contributed by atoms with Crippen LogP contribution in [0.1, 0.15) is 124 Å². The Bertz CT molecular complexity index is 2680. The third-order valence-corrected chi connectivity index (χ3v) is 15.0. The Morgan fingerprint density at radius 3 is 1.72 bits per heavy atom. The summed E-state index contributed by atoms with van der Waals surface area (Å²) in [6.07, 6.45) is 4.84. The summed E-state index contributed by atoms with van der Waals surface area (Å²) in [5, 5.41) is 0. The first-order valence-electron chi connectivity index (χ1n) is 22.5. The fraction of sp³-hybridized carbons (Fsp3) is 0.357. The van der Waals surface area contributed by atoms with E-state index in [1.165, 1.54) is 103 Å². The maximum absolute atomic E-state index is 2.80. The highest BCUT2D eigenvalue weighted by Gasteiger charge is 2.58. The van der Waals surface area contributed by atoms with Crippen LogP contribution in [0.25, 0.3) is 0 Å². The van der Waals surface area contributed by atoms with E-state index in [0.717, 1.165) is 6.42 Å². The zero-order valence-corrected chi connectivity index (χ0v) is 37.9. The first-order valence-corrected chi connectivity index (χ1v) is 22.5. The minimum atomic E-state index is -0.0996. The van der Waals surface area contributed by atoms with Gasteiger partial charge in [-0.1, -0.05) is 155 Å². The Labute approximate surface area is 360 Å². The van der Waals surface area contributed by atoms with Crippen LogP contribution in [0, 0.1) is 0 Å². The number of anilines is 8. The van der Waals surface area contributed by atoms with Crippen LogP contribution in [0.2, 0.25) is 0 Å². The highest BCUT2D eigenvalue weighted by atomic mass is 15.3. The predicted octanol–water partition coefficient (Wildman–Crippen LogP) is 13.4. The Morgan fingerprint density at radius 2 is 1.02 bits per heavy atom. The van der Waals surface area contributed by atoms with Crippen LogP contribution in [0.4, 0.5) is 45.5 Å². The molecular weight excluding hydrogens is 725 g/mol. The van der Waals surface area contributed by atoms with Gasteiger partial charge in [0.05, 0.1) is 5.54 Å². The van der Waals surface area contributed by atoms with Crippen LogP contribution in [-0.4, -0.2) is 12.3 Å². The number of fused-ring (bicyclic) bond motifs is 7. The lowest BCUT2D eigenvalue weighted by molar-refractivity contribution is 0.195. The summed E-state index contributed by atoms with van der Waals surface area (Å²) < 4.78 is 0. The van der Waals surface area contributed by atoms with E-state index in [4.69, 9.17) is 0 Å². The average Bonchev–Trinajstić information content (AvgIpc) is 3.42. The second-order valence-electron chi connectivity index (χ2n) is 21.9. The fourth-order valence-electron chi connectivity index (χ4n) is 11.4. The molecule has 0 aromatic heterocycles. The summed E-state index contributed by atoms with van der Waals surface area (Å²) >= 11 is 0. The molecule has 6 aromatic carbocycles. The molecule has 304 valence electrons. The standard InChI is InChI=1S/C56H62BN3/c1-52(2,3)37-20-19-23-41(32-37)59-48-34-39(54(7,8)9)26-28-45(48)57-44-24-15-16-25-47(44)58(40-21-13-12-14-22-40)49-35-42(36-50(59)51(49)57)60-46-29-27-38(53(4,5)6)33-43(46)55(10)30-17-18-31-56(55,60)11/h12-16,19-29,32-36H,17-18,30-31H2,1-11H3. The molecule has 1 fully saturated rings. The van der Waals surface area contributed by atoms with Crippen LogP contribution in [0.15, 0.2) is 127 Å². The summed E-state index contributed by atoms with van der Waals surface area (Å²) in [7, 11) is 0. The third-order valence-electron chi connectivity index (χ3n) is 15.0. The molecule has 60 heavy (non-hydrogen) atoms. The fourth-order valence-corrected chi connectivity index (χ4v) is 11.4. The van der Waals surface area contributed by atoms with E-state index in [-0.39, 0.29) is 33.9 Å². The second kappa shape index (κ2) is 13.1. The van der Waals surface area contributed by atoms with Gasteiger partial charge >= 0.3 is 0 Å². The summed E-state index contributed by atoms with van der Waals surface area (Å²) in [6.45, 7) is 26.3. The molecule has 6 aromatic rings. The zero-order valence-electron chi connectivity index (χ0n) is 37.9. The highest BCUT2D eigenvalue weighted by Crippen LogP contribution is 2.62. The number of benzene rings is 6. The van der Waals surface area contributed by atoms with E-state index in [1.807, 2.05) is 0 Å². The van der Waals surface area contributed by atoms with Crippen molar-refractivity contribution in [2.75, 3.05) is 14.7 Å². The van der Waals surface area contributed by atoms with Crippen molar-refractivity contribution in [3.8, 4) is 0 Å². The van der Waals surface area contributed by atoms with Gasteiger partial charge in [-0.05, 0) is 129 Å². The van der Waals surface area contributed by atoms with E-state index in [0.29, 0.717) is 0 Å². The minimum absolute atomic E-state index is 0.0000549. The molecule has 1 saturated carbocycles. The van der Waals surface area contributed by atoms with E-state index in [1.54, 1.807) is 0 Å². The van der Waals surface area contributed by atoms with Gasteiger partial charge in [-0.25, -0.2) is 0 Å². The van der Waals surface area contributed by atoms with Crippen molar-refractivity contribution in [1.82, 2.24) is 0 Å². The van der Waals surface area contributed by atoms with Crippen molar-refractivity contribution in [3.63, 3.8) is 0 Å². The van der Waals surface area contributed by atoms with Gasteiger partial charge < -0.3 is 14.7 Å². The molecule has 0 bridgehead atoms. The average molecular weight is 788 g/mol. The number of para-hydroxylation sites is 2. The molecule has 3 nitrogen and oxygen atoms in total. The number of hydrogen-bond acceptors (Lipinski definition) is 3. The number of hydrogen-bond donors (Lipinski definition) is 0. The van der Waals surface area contributed by atoms with Crippen LogP contribution in [0.5, 0.6) is 0 Å². The first kappa shape index (κ1) is 39.0. The van der Waals surface area contributed by atoms with Gasteiger partial charge in [-0.3, -0.25) is 0 Å². The number of rotatable bonds is 3.